The van der Waals surface area contributed by atoms with Gasteiger partial charge in [0.2, 0.25) is 5.55 Å². The quantitative estimate of drug-likeness (QED) is 0.481. The molecule has 2 amide bonds. The molecule has 0 aliphatic rings. The molecule has 0 atom stereocenters. The van der Waals surface area contributed by atoms with Crippen molar-refractivity contribution in [2.24, 2.45) is 10.8 Å². The highest BCUT2D eigenvalue weighted by Gasteiger charge is 2.14. The molecule has 3 aromatic rings. The SMILES string of the molecule is CCOc1cccc2cc(C(N)=O)/c(=N\NC(=O)c3cccc([N+](=O)[O-])c3)oc12. The Morgan fingerprint density at radius 1 is 1.24 bits per heavy atom. The van der Waals surface area contributed by atoms with Gasteiger partial charge in [-0.25, -0.2) is 5.43 Å². The van der Waals surface area contributed by atoms with Crippen molar-refractivity contribution in [2.45, 2.75) is 6.92 Å². The Bertz CT molecular complexity index is 1180. The zero-order valence-corrected chi connectivity index (χ0v) is 15.2. The van der Waals surface area contributed by atoms with Gasteiger partial charge in [0, 0.05) is 23.1 Å². The molecule has 3 N–H and O–H groups in total. The predicted molar refractivity (Wildman–Crippen MR) is 102 cm³/mol. The smallest absolute Gasteiger partial charge is 0.271 e. The number of fused-ring (bicyclic) bond motifs is 1. The maximum absolute atomic E-state index is 12.3. The Morgan fingerprint density at radius 2 is 2.00 bits per heavy atom. The van der Waals surface area contributed by atoms with Gasteiger partial charge in [0.1, 0.15) is 5.56 Å². The van der Waals surface area contributed by atoms with Gasteiger partial charge in [-0.2, -0.15) is 0 Å². The summed E-state index contributed by atoms with van der Waals surface area (Å²) < 4.78 is 11.2. The lowest BCUT2D eigenvalue weighted by Crippen LogP contribution is -2.27. The van der Waals surface area contributed by atoms with Crippen LogP contribution in [0.25, 0.3) is 11.0 Å². The van der Waals surface area contributed by atoms with Gasteiger partial charge in [-0.1, -0.05) is 18.2 Å². The third kappa shape index (κ3) is 4.21. The minimum atomic E-state index is -0.805. The highest BCUT2D eigenvalue weighted by atomic mass is 16.6. The van der Waals surface area contributed by atoms with Crippen molar-refractivity contribution >= 4 is 28.5 Å². The molecule has 1 heterocycles. The average Bonchev–Trinajstić information content (AvgIpc) is 2.71. The van der Waals surface area contributed by atoms with Crippen LogP contribution in [0.3, 0.4) is 0 Å². The second-order valence-corrected chi connectivity index (χ2v) is 5.80. The fourth-order valence-electron chi connectivity index (χ4n) is 2.58. The maximum atomic E-state index is 12.3. The minimum Gasteiger partial charge on any atom is -0.490 e. The van der Waals surface area contributed by atoms with Crippen LogP contribution >= 0.6 is 0 Å². The normalized spacial score (nSPS) is 11.3. The first-order chi connectivity index (χ1) is 13.9. The molecule has 3 rings (SSSR count). The number of hydrogen-bond donors (Lipinski definition) is 2. The zero-order valence-electron chi connectivity index (χ0n) is 15.2. The van der Waals surface area contributed by atoms with Crippen molar-refractivity contribution in [3.05, 3.63) is 75.3 Å². The number of ether oxygens (including phenoxy) is 1. The first-order valence-electron chi connectivity index (χ1n) is 8.48. The van der Waals surface area contributed by atoms with E-state index in [1.165, 1.54) is 24.3 Å². The number of carbonyl (C=O) groups excluding carboxylic acids is 2. The van der Waals surface area contributed by atoms with E-state index in [1.807, 2.05) is 0 Å². The Kier molecular flexibility index (Phi) is 5.54. The Balaban J connectivity index is 2.04. The van der Waals surface area contributed by atoms with Gasteiger partial charge in [-0.05, 0) is 25.1 Å². The summed E-state index contributed by atoms with van der Waals surface area (Å²) in [4.78, 5) is 34.3. The highest BCUT2D eigenvalue weighted by molar-refractivity contribution is 5.96. The third-order valence-electron chi connectivity index (χ3n) is 3.88. The maximum Gasteiger partial charge on any atom is 0.271 e. The summed E-state index contributed by atoms with van der Waals surface area (Å²) in [5.74, 6) is -1.10. The summed E-state index contributed by atoms with van der Waals surface area (Å²) in [5.41, 5.74) is 7.42. The van der Waals surface area contributed by atoms with E-state index in [9.17, 15) is 19.7 Å². The number of non-ortho nitro benzene ring substituents is 1. The first-order valence-corrected chi connectivity index (χ1v) is 8.48. The Hall–Kier alpha value is -4.21. The number of nitro benzene ring substituents is 1. The lowest BCUT2D eigenvalue weighted by molar-refractivity contribution is -0.384. The standard InChI is InChI=1S/C19H16N4O6/c1-2-28-15-8-4-5-11-10-14(17(20)24)19(29-16(11)15)22-21-18(25)12-6-3-7-13(9-12)23(26)27/h3-10H,2H2,1H3,(H2,20,24)(H,21,25)/b22-19+. The molecular formula is C19H16N4O6. The first kappa shape index (κ1) is 19.5. The lowest BCUT2D eigenvalue weighted by atomic mass is 10.1. The largest absolute Gasteiger partial charge is 0.490 e. The number of nitrogens with one attached hydrogen (secondary N) is 1. The van der Waals surface area contributed by atoms with Gasteiger partial charge in [-0.15, -0.1) is 5.10 Å². The summed E-state index contributed by atoms with van der Waals surface area (Å²) in [7, 11) is 0. The molecule has 0 aliphatic carbocycles. The van der Waals surface area contributed by atoms with Gasteiger partial charge in [0.25, 0.3) is 17.5 Å². The number of nitrogens with zero attached hydrogens (tertiary/aromatic N) is 2. The number of benzene rings is 2. The van der Waals surface area contributed by atoms with Gasteiger partial charge in [0.05, 0.1) is 11.5 Å². The number of nitro groups is 1. The topological polar surface area (TPSA) is 150 Å². The number of nitrogens with two attached hydrogens (primary N) is 1. The number of rotatable bonds is 6. The molecule has 0 bridgehead atoms. The molecule has 0 unspecified atom stereocenters. The molecule has 0 fully saturated rings. The molecule has 0 spiro atoms. The van der Waals surface area contributed by atoms with Crippen LogP contribution < -0.4 is 21.5 Å². The van der Waals surface area contributed by atoms with E-state index in [4.69, 9.17) is 14.9 Å². The molecule has 10 heteroatoms. The van der Waals surface area contributed by atoms with Crippen LogP contribution in [0.2, 0.25) is 0 Å². The lowest BCUT2D eigenvalue weighted by Gasteiger charge is -2.07. The zero-order chi connectivity index (χ0) is 21.0. The molecule has 0 radical (unpaired) electrons. The third-order valence-corrected chi connectivity index (χ3v) is 3.88. The van der Waals surface area contributed by atoms with E-state index >= 15 is 0 Å². The van der Waals surface area contributed by atoms with Crippen molar-refractivity contribution in [1.82, 2.24) is 5.43 Å². The van der Waals surface area contributed by atoms with Crippen molar-refractivity contribution < 1.29 is 23.7 Å². The fourth-order valence-corrected chi connectivity index (χ4v) is 2.58. The molecule has 148 valence electrons. The monoisotopic (exact) mass is 396 g/mol. The van der Waals surface area contributed by atoms with Crippen LogP contribution in [0.5, 0.6) is 5.75 Å². The average molecular weight is 396 g/mol. The molecule has 10 nitrogen and oxygen atoms in total. The number of para-hydroxylation sites is 1. The molecule has 0 saturated heterocycles. The van der Waals surface area contributed by atoms with E-state index < -0.39 is 16.7 Å². The van der Waals surface area contributed by atoms with Crippen LogP contribution in [0.1, 0.15) is 27.6 Å². The summed E-state index contributed by atoms with van der Waals surface area (Å²) in [6.45, 7) is 2.20. The highest BCUT2D eigenvalue weighted by Crippen LogP contribution is 2.24. The minimum absolute atomic E-state index is 0.0133. The van der Waals surface area contributed by atoms with E-state index in [0.717, 1.165) is 6.07 Å². The van der Waals surface area contributed by atoms with E-state index in [1.54, 1.807) is 25.1 Å². The van der Waals surface area contributed by atoms with Gasteiger partial charge in [0.15, 0.2) is 11.3 Å². The summed E-state index contributed by atoms with van der Waals surface area (Å²) in [6, 6.07) is 11.7. The van der Waals surface area contributed by atoms with Gasteiger partial charge >= 0.3 is 0 Å². The predicted octanol–water partition coefficient (Wildman–Crippen LogP) is 2.08. The van der Waals surface area contributed by atoms with Crippen molar-refractivity contribution in [3.63, 3.8) is 0 Å². The van der Waals surface area contributed by atoms with E-state index in [0.29, 0.717) is 23.3 Å². The van der Waals surface area contributed by atoms with Crippen LogP contribution in [-0.2, 0) is 0 Å². The van der Waals surface area contributed by atoms with Crippen molar-refractivity contribution in [3.8, 4) is 5.75 Å². The van der Waals surface area contributed by atoms with Crippen molar-refractivity contribution in [1.29, 1.82) is 0 Å². The number of amides is 2. The van der Waals surface area contributed by atoms with Crippen LogP contribution in [0.15, 0.2) is 58.0 Å². The molecule has 2 aromatic carbocycles. The number of primary amides is 1. The van der Waals surface area contributed by atoms with Crippen LogP contribution in [0, 0.1) is 10.1 Å². The summed E-state index contributed by atoms with van der Waals surface area (Å²) >= 11 is 0. The number of hydrogen-bond acceptors (Lipinski definition) is 7. The van der Waals surface area contributed by atoms with Crippen molar-refractivity contribution in [2.75, 3.05) is 6.61 Å². The molecular weight excluding hydrogens is 380 g/mol. The van der Waals surface area contributed by atoms with Crippen LogP contribution in [0.4, 0.5) is 5.69 Å². The second kappa shape index (κ2) is 8.21. The second-order valence-electron chi connectivity index (χ2n) is 5.80. The number of carbonyl (C=O) groups is 2. The Morgan fingerprint density at radius 3 is 2.69 bits per heavy atom. The fraction of sp³-hybridized carbons (Fsp3) is 0.105. The van der Waals surface area contributed by atoms with Crippen LogP contribution in [-0.4, -0.2) is 23.3 Å². The van der Waals surface area contributed by atoms with Gasteiger partial charge < -0.3 is 14.9 Å². The Labute approximate surface area is 163 Å². The van der Waals surface area contributed by atoms with E-state index in [2.05, 4.69) is 10.5 Å². The summed E-state index contributed by atoms with van der Waals surface area (Å²) in [5, 5.41) is 15.3. The molecule has 29 heavy (non-hydrogen) atoms. The molecule has 1 aromatic heterocycles. The molecule has 0 aliphatic heterocycles. The molecule has 0 saturated carbocycles. The van der Waals surface area contributed by atoms with E-state index in [-0.39, 0.29) is 22.4 Å². The summed E-state index contributed by atoms with van der Waals surface area (Å²) in [6.07, 6.45) is 0. The van der Waals surface area contributed by atoms with Gasteiger partial charge in [-0.3, -0.25) is 19.7 Å².